The van der Waals surface area contributed by atoms with Gasteiger partial charge >= 0.3 is 0 Å². The van der Waals surface area contributed by atoms with Gasteiger partial charge in [0, 0.05) is 29.5 Å². The van der Waals surface area contributed by atoms with E-state index < -0.39 is 0 Å². The Kier molecular flexibility index (Phi) is 7.02. The Balaban J connectivity index is 1.87. The molecule has 2 N–H and O–H groups in total. The van der Waals surface area contributed by atoms with Crippen LogP contribution in [0.3, 0.4) is 0 Å². The molecule has 0 aliphatic rings. The highest BCUT2D eigenvalue weighted by Crippen LogP contribution is 2.19. The standard InChI is InChI=1S/C21H29N3O/c1-5-24(17(2)3)20-13-11-19(12-14-20)22-21(25)16-23(4)15-18-9-7-6-8-10-18/h6-14,17H,5,15-16H2,1-4H3,(H,22,25)/p+1. The summed E-state index contributed by atoms with van der Waals surface area (Å²) in [6.07, 6.45) is 0. The summed E-state index contributed by atoms with van der Waals surface area (Å²) in [5.74, 6) is 0.0392. The molecule has 2 aromatic carbocycles. The summed E-state index contributed by atoms with van der Waals surface area (Å²) in [5, 5.41) is 2.99. The lowest BCUT2D eigenvalue weighted by atomic mass is 10.2. The molecule has 0 radical (unpaired) electrons. The van der Waals surface area contributed by atoms with Crippen LogP contribution in [0.2, 0.25) is 0 Å². The van der Waals surface area contributed by atoms with E-state index in [9.17, 15) is 4.79 Å². The second kappa shape index (κ2) is 9.23. The number of amides is 1. The average Bonchev–Trinajstić information content (AvgIpc) is 2.57. The molecule has 0 saturated carbocycles. The highest BCUT2D eigenvalue weighted by molar-refractivity contribution is 5.91. The number of rotatable bonds is 8. The Morgan fingerprint density at radius 1 is 1.08 bits per heavy atom. The van der Waals surface area contributed by atoms with Crippen molar-refractivity contribution in [2.75, 3.05) is 30.4 Å². The van der Waals surface area contributed by atoms with Crippen LogP contribution in [-0.2, 0) is 11.3 Å². The molecule has 1 atom stereocenters. The van der Waals surface area contributed by atoms with Crippen LogP contribution in [0.4, 0.5) is 11.4 Å². The zero-order valence-corrected chi connectivity index (χ0v) is 15.8. The molecule has 2 aromatic rings. The maximum atomic E-state index is 12.3. The molecule has 134 valence electrons. The molecule has 0 heterocycles. The molecule has 4 nitrogen and oxygen atoms in total. The van der Waals surface area contributed by atoms with E-state index in [1.807, 2.05) is 37.4 Å². The Labute approximate surface area is 151 Å². The normalized spacial score (nSPS) is 12.0. The number of quaternary nitrogens is 1. The second-order valence-corrected chi connectivity index (χ2v) is 6.77. The number of carbonyl (C=O) groups is 1. The number of benzene rings is 2. The summed E-state index contributed by atoms with van der Waals surface area (Å²) in [5.41, 5.74) is 3.27. The van der Waals surface area contributed by atoms with Crippen LogP contribution in [-0.4, -0.2) is 32.1 Å². The molecule has 2 rings (SSSR count). The molecule has 1 amide bonds. The highest BCUT2D eigenvalue weighted by atomic mass is 16.2. The van der Waals surface area contributed by atoms with Gasteiger partial charge in [-0.05, 0) is 45.0 Å². The van der Waals surface area contributed by atoms with E-state index in [0.29, 0.717) is 12.6 Å². The monoisotopic (exact) mass is 340 g/mol. The van der Waals surface area contributed by atoms with Crippen LogP contribution in [0, 0.1) is 0 Å². The van der Waals surface area contributed by atoms with Crippen LogP contribution in [0.5, 0.6) is 0 Å². The molecule has 0 aliphatic heterocycles. The van der Waals surface area contributed by atoms with Crippen molar-refractivity contribution in [1.29, 1.82) is 0 Å². The molecular formula is C21H30N3O+. The Morgan fingerprint density at radius 3 is 2.28 bits per heavy atom. The van der Waals surface area contributed by atoms with Crippen molar-refractivity contribution in [3.05, 3.63) is 60.2 Å². The maximum Gasteiger partial charge on any atom is 0.279 e. The largest absolute Gasteiger partial charge is 0.369 e. The van der Waals surface area contributed by atoms with Crippen LogP contribution in [0.25, 0.3) is 0 Å². The minimum atomic E-state index is 0.0392. The van der Waals surface area contributed by atoms with Gasteiger partial charge in [0.15, 0.2) is 6.54 Å². The zero-order chi connectivity index (χ0) is 18.2. The van der Waals surface area contributed by atoms with Gasteiger partial charge in [0.1, 0.15) is 6.54 Å². The fourth-order valence-electron chi connectivity index (χ4n) is 3.07. The van der Waals surface area contributed by atoms with Gasteiger partial charge in [-0.2, -0.15) is 0 Å². The number of hydrogen-bond donors (Lipinski definition) is 2. The van der Waals surface area contributed by atoms with E-state index in [1.54, 1.807) is 0 Å². The zero-order valence-electron chi connectivity index (χ0n) is 15.8. The first-order chi connectivity index (χ1) is 12.0. The van der Waals surface area contributed by atoms with Crippen molar-refractivity contribution in [2.24, 2.45) is 0 Å². The summed E-state index contributed by atoms with van der Waals surface area (Å²) >= 11 is 0. The van der Waals surface area contributed by atoms with Gasteiger partial charge in [-0.1, -0.05) is 30.3 Å². The number of nitrogens with one attached hydrogen (secondary N) is 2. The Hall–Kier alpha value is -2.33. The first kappa shape index (κ1) is 19.0. The summed E-state index contributed by atoms with van der Waals surface area (Å²) in [6.45, 7) is 8.78. The van der Waals surface area contributed by atoms with Gasteiger partial charge in [0.05, 0.1) is 7.05 Å². The second-order valence-electron chi connectivity index (χ2n) is 6.77. The predicted molar refractivity (Wildman–Crippen MR) is 105 cm³/mol. The SMILES string of the molecule is CCN(c1ccc(NC(=O)C[NH+](C)Cc2ccccc2)cc1)C(C)C. The average molecular weight is 340 g/mol. The maximum absolute atomic E-state index is 12.3. The van der Waals surface area contributed by atoms with E-state index in [1.165, 1.54) is 11.3 Å². The molecule has 0 bridgehead atoms. The quantitative estimate of drug-likeness (QED) is 0.775. The lowest BCUT2D eigenvalue weighted by molar-refractivity contribution is -0.885. The van der Waals surface area contributed by atoms with Gasteiger partial charge in [0.2, 0.25) is 0 Å². The van der Waals surface area contributed by atoms with Gasteiger partial charge in [-0.3, -0.25) is 4.79 Å². The van der Waals surface area contributed by atoms with Crippen LogP contribution in [0.1, 0.15) is 26.3 Å². The van der Waals surface area contributed by atoms with E-state index in [4.69, 9.17) is 0 Å². The Bertz CT molecular complexity index is 653. The van der Waals surface area contributed by atoms with Gasteiger partial charge in [-0.25, -0.2) is 0 Å². The van der Waals surface area contributed by atoms with Gasteiger partial charge in [-0.15, -0.1) is 0 Å². The van der Waals surface area contributed by atoms with Crippen molar-refractivity contribution >= 4 is 17.3 Å². The topological polar surface area (TPSA) is 36.8 Å². The van der Waals surface area contributed by atoms with E-state index >= 15 is 0 Å². The van der Waals surface area contributed by atoms with Crippen molar-refractivity contribution < 1.29 is 9.69 Å². The third-order valence-electron chi connectivity index (χ3n) is 4.26. The van der Waals surface area contributed by atoms with Crippen molar-refractivity contribution in [2.45, 2.75) is 33.4 Å². The molecule has 1 unspecified atom stereocenters. The molecule has 0 aromatic heterocycles. The predicted octanol–water partition coefficient (Wildman–Crippen LogP) is 2.57. The minimum Gasteiger partial charge on any atom is -0.369 e. The number of nitrogens with zero attached hydrogens (tertiary/aromatic N) is 1. The lowest BCUT2D eigenvalue weighted by Gasteiger charge is -2.27. The highest BCUT2D eigenvalue weighted by Gasteiger charge is 2.12. The summed E-state index contributed by atoms with van der Waals surface area (Å²) in [7, 11) is 2.04. The van der Waals surface area contributed by atoms with Gasteiger partial charge < -0.3 is 15.1 Å². The van der Waals surface area contributed by atoms with Gasteiger partial charge in [0.25, 0.3) is 5.91 Å². The fourth-order valence-corrected chi connectivity index (χ4v) is 3.07. The summed E-state index contributed by atoms with van der Waals surface area (Å²) < 4.78 is 0. The summed E-state index contributed by atoms with van der Waals surface area (Å²) in [6, 6.07) is 18.8. The number of anilines is 2. The molecule has 4 heteroatoms. The third kappa shape index (κ3) is 5.91. The molecule has 25 heavy (non-hydrogen) atoms. The van der Waals surface area contributed by atoms with Crippen molar-refractivity contribution in [3.8, 4) is 0 Å². The van der Waals surface area contributed by atoms with Crippen LogP contribution in [0.15, 0.2) is 54.6 Å². The number of likely N-dealkylation sites (N-methyl/N-ethyl adjacent to an activating group) is 1. The first-order valence-corrected chi connectivity index (χ1v) is 9.01. The smallest absolute Gasteiger partial charge is 0.279 e. The molecule has 0 saturated heterocycles. The van der Waals surface area contributed by atoms with Crippen molar-refractivity contribution in [1.82, 2.24) is 0 Å². The first-order valence-electron chi connectivity index (χ1n) is 9.01. The van der Waals surface area contributed by atoms with Crippen molar-refractivity contribution in [3.63, 3.8) is 0 Å². The minimum absolute atomic E-state index is 0.0392. The third-order valence-corrected chi connectivity index (χ3v) is 4.26. The summed E-state index contributed by atoms with van der Waals surface area (Å²) in [4.78, 5) is 15.7. The lowest BCUT2D eigenvalue weighted by Crippen LogP contribution is -3.08. The Morgan fingerprint density at radius 2 is 1.72 bits per heavy atom. The van der Waals surface area contributed by atoms with E-state index in [-0.39, 0.29) is 5.91 Å². The molecular weight excluding hydrogens is 310 g/mol. The fraction of sp³-hybridized carbons (Fsp3) is 0.381. The number of hydrogen-bond acceptors (Lipinski definition) is 2. The molecule has 0 fully saturated rings. The number of carbonyl (C=O) groups excluding carboxylic acids is 1. The van der Waals surface area contributed by atoms with Crippen LogP contribution < -0.4 is 15.1 Å². The molecule has 0 spiro atoms. The van der Waals surface area contributed by atoms with E-state index in [0.717, 1.165) is 23.7 Å². The molecule has 0 aliphatic carbocycles. The van der Waals surface area contributed by atoms with E-state index in [2.05, 4.69) is 55.3 Å². The van der Waals surface area contributed by atoms with Crippen LogP contribution >= 0.6 is 0 Å².